The number of benzene rings is 1. The van der Waals surface area contributed by atoms with Gasteiger partial charge in [0.15, 0.2) is 11.6 Å². The summed E-state index contributed by atoms with van der Waals surface area (Å²) in [4.78, 5) is 14.2. The maximum absolute atomic E-state index is 13.5. The number of carbonyl (C=O) groups excluding carboxylic acids is 1. The van der Waals surface area contributed by atoms with Crippen molar-refractivity contribution in [1.82, 2.24) is 15.5 Å². The molecule has 4 nitrogen and oxygen atoms in total. The van der Waals surface area contributed by atoms with Crippen LogP contribution in [0.4, 0.5) is 8.78 Å². The zero-order valence-electron chi connectivity index (χ0n) is 13.9. The van der Waals surface area contributed by atoms with Crippen molar-refractivity contribution in [3.63, 3.8) is 0 Å². The lowest BCUT2D eigenvalue weighted by atomic mass is 9.86. The monoisotopic (exact) mass is 325 g/mol. The van der Waals surface area contributed by atoms with Crippen LogP contribution in [0.25, 0.3) is 0 Å². The first-order valence-electron chi connectivity index (χ1n) is 8.03. The lowest BCUT2D eigenvalue weighted by Gasteiger charge is -2.34. The highest BCUT2D eigenvalue weighted by Gasteiger charge is 2.28. The number of hydrogen-bond donors (Lipinski definition) is 2. The minimum Gasteiger partial charge on any atom is -0.350 e. The standard InChI is InChI=1S/C17H25F2N3O/c1-11(2)22(3)10-17(23)21-16-9-20-7-6-13(16)12-4-5-14(18)15(19)8-12/h4-5,8,11,13,16,20H,6-7,9-10H2,1-3H3,(H,21,23). The van der Waals surface area contributed by atoms with Crippen molar-refractivity contribution in [3.8, 4) is 0 Å². The third-order valence-corrected chi connectivity index (χ3v) is 4.47. The molecular formula is C17H25F2N3O. The van der Waals surface area contributed by atoms with Gasteiger partial charge >= 0.3 is 0 Å². The summed E-state index contributed by atoms with van der Waals surface area (Å²) < 4.78 is 26.6. The molecule has 128 valence electrons. The van der Waals surface area contributed by atoms with Crippen LogP contribution in [0.2, 0.25) is 0 Å². The number of hydrogen-bond acceptors (Lipinski definition) is 3. The maximum atomic E-state index is 13.5. The van der Waals surface area contributed by atoms with Crippen LogP contribution < -0.4 is 10.6 Å². The zero-order chi connectivity index (χ0) is 17.0. The summed E-state index contributed by atoms with van der Waals surface area (Å²) >= 11 is 0. The van der Waals surface area contributed by atoms with Gasteiger partial charge in [-0.1, -0.05) is 6.07 Å². The molecule has 1 amide bonds. The first-order valence-corrected chi connectivity index (χ1v) is 8.03. The first-order chi connectivity index (χ1) is 10.9. The number of nitrogens with zero attached hydrogens (tertiary/aromatic N) is 1. The second-order valence-electron chi connectivity index (χ2n) is 6.46. The SMILES string of the molecule is CC(C)N(C)CC(=O)NC1CNCCC1c1ccc(F)c(F)c1. The molecule has 0 aliphatic carbocycles. The summed E-state index contributed by atoms with van der Waals surface area (Å²) in [5, 5.41) is 6.27. The fourth-order valence-electron chi connectivity index (χ4n) is 2.81. The van der Waals surface area contributed by atoms with Gasteiger partial charge in [0.25, 0.3) is 0 Å². The third-order valence-electron chi connectivity index (χ3n) is 4.47. The number of halogens is 2. The largest absolute Gasteiger partial charge is 0.350 e. The van der Waals surface area contributed by atoms with Crippen LogP contribution in [-0.2, 0) is 4.79 Å². The van der Waals surface area contributed by atoms with Crippen LogP contribution in [-0.4, -0.2) is 49.6 Å². The zero-order valence-corrected chi connectivity index (χ0v) is 13.9. The van der Waals surface area contributed by atoms with Gasteiger partial charge in [0, 0.05) is 24.5 Å². The average molecular weight is 325 g/mol. The molecule has 0 bridgehead atoms. The van der Waals surface area contributed by atoms with E-state index in [9.17, 15) is 13.6 Å². The highest BCUT2D eigenvalue weighted by molar-refractivity contribution is 5.78. The fraction of sp³-hybridized carbons (Fsp3) is 0.588. The van der Waals surface area contributed by atoms with E-state index in [2.05, 4.69) is 10.6 Å². The van der Waals surface area contributed by atoms with Crippen molar-refractivity contribution in [2.75, 3.05) is 26.7 Å². The first kappa shape index (κ1) is 17.8. The topological polar surface area (TPSA) is 44.4 Å². The Morgan fingerprint density at radius 3 is 2.78 bits per heavy atom. The van der Waals surface area contributed by atoms with E-state index in [4.69, 9.17) is 0 Å². The Morgan fingerprint density at radius 2 is 2.13 bits per heavy atom. The molecule has 2 atom stereocenters. The van der Waals surface area contributed by atoms with Crippen LogP contribution in [0.5, 0.6) is 0 Å². The van der Waals surface area contributed by atoms with Gasteiger partial charge in [0.2, 0.25) is 5.91 Å². The second-order valence-corrected chi connectivity index (χ2v) is 6.46. The van der Waals surface area contributed by atoms with Crippen molar-refractivity contribution >= 4 is 5.91 Å². The minimum atomic E-state index is -0.846. The number of piperidine rings is 1. The Kier molecular flexibility index (Phi) is 6.07. The molecule has 6 heteroatoms. The van der Waals surface area contributed by atoms with E-state index < -0.39 is 11.6 Å². The molecule has 1 fully saturated rings. The number of likely N-dealkylation sites (N-methyl/N-ethyl adjacent to an activating group) is 1. The predicted octanol–water partition coefficient (Wildman–Crippen LogP) is 1.87. The predicted molar refractivity (Wildman–Crippen MR) is 86.3 cm³/mol. The molecule has 2 N–H and O–H groups in total. The van der Waals surface area contributed by atoms with Gasteiger partial charge in [-0.05, 0) is 51.6 Å². The van der Waals surface area contributed by atoms with Crippen molar-refractivity contribution in [2.24, 2.45) is 0 Å². The molecule has 2 rings (SSSR count). The molecule has 1 aliphatic rings. The summed E-state index contributed by atoms with van der Waals surface area (Å²) in [7, 11) is 1.90. The van der Waals surface area contributed by atoms with Crippen molar-refractivity contribution in [3.05, 3.63) is 35.4 Å². The Morgan fingerprint density at radius 1 is 1.39 bits per heavy atom. The lowest BCUT2D eigenvalue weighted by molar-refractivity contribution is -0.123. The van der Waals surface area contributed by atoms with Gasteiger partial charge in [-0.25, -0.2) is 8.78 Å². The van der Waals surface area contributed by atoms with E-state index in [-0.39, 0.29) is 23.9 Å². The Labute approximate surface area is 136 Å². The molecule has 1 aromatic carbocycles. The third kappa shape index (κ3) is 4.72. The van der Waals surface area contributed by atoms with Crippen LogP contribution in [0.1, 0.15) is 31.7 Å². The molecule has 1 saturated heterocycles. The van der Waals surface area contributed by atoms with Crippen molar-refractivity contribution in [1.29, 1.82) is 0 Å². The molecule has 0 spiro atoms. The number of carbonyl (C=O) groups is 1. The minimum absolute atomic E-state index is 0.0142. The second kappa shape index (κ2) is 7.84. The lowest BCUT2D eigenvalue weighted by Crippen LogP contribution is -2.52. The van der Waals surface area contributed by atoms with Gasteiger partial charge in [0.1, 0.15) is 0 Å². The van der Waals surface area contributed by atoms with E-state index in [0.717, 1.165) is 24.6 Å². The molecule has 1 heterocycles. The summed E-state index contributed by atoms with van der Waals surface area (Å²) in [6.45, 7) is 5.79. The van der Waals surface area contributed by atoms with Gasteiger partial charge in [-0.15, -0.1) is 0 Å². The van der Waals surface area contributed by atoms with Gasteiger partial charge in [-0.2, -0.15) is 0 Å². The van der Waals surface area contributed by atoms with Crippen LogP contribution in [0.3, 0.4) is 0 Å². The maximum Gasteiger partial charge on any atom is 0.234 e. The van der Waals surface area contributed by atoms with Gasteiger partial charge < -0.3 is 10.6 Å². The van der Waals surface area contributed by atoms with Gasteiger partial charge in [-0.3, -0.25) is 9.69 Å². The van der Waals surface area contributed by atoms with Gasteiger partial charge in [0.05, 0.1) is 6.54 Å². The Hall–Kier alpha value is -1.53. The summed E-state index contributed by atoms with van der Waals surface area (Å²) in [6.07, 6.45) is 0.774. The fourth-order valence-corrected chi connectivity index (χ4v) is 2.81. The summed E-state index contributed by atoms with van der Waals surface area (Å²) in [5.74, 6) is -1.75. The number of nitrogens with one attached hydrogen (secondary N) is 2. The van der Waals surface area contributed by atoms with E-state index in [1.807, 2.05) is 25.8 Å². The number of amides is 1. The molecule has 1 aliphatic heterocycles. The highest BCUT2D eigenvalue weighted by Crippen LogP contribution is 2.27. The average Bonchev–Trinajstić information content (AvgIpc) is 2.50. The normalized spacial score (nSPS) is 21.7. The van der Waals surface area contributed by atoms with E-state index >= 15 is 0 Å². The highest BCUT2D eigenvalue weighted by atomic mass is 19.2. The Bertz CT molecular complexity index is 551. The molecule has 1 aromatic rings. The van der Waals surface area contributed by atoms with Crippen LogP contribution >= 0.6 is 0 Å². The number of rotatable bonds is 5. The summed E-state index contributed by atoms with van der Waals surface area (Å²) in [6, 6.07) is 4.16. The molecule has 2 unspecified atom stereocenters. The molecular weight excluding hydrogens is 300 g/mol. The van der Waals surface area contributed by atoms with Crippen LogP contribution in [0, 0.1) is 11.6 Å². The van der Waals surface area contributed by atoms with E-state index in [1.165, 1.54) is 6.07 Å². The summed E-state index contributed by atoms with van der Waals surface area (Å²) in [5.41, 5.74) is 0.730. The molecule has 0 aromatic heterocycles. The molecule has 0 saturated carbocycles. The van der Waals surface area contributed by atoms with E-state index in [1.54, 1.807) is 6.07 Å². The Balaban J connectivity index is 2.06. The molecule has 0 radical (unpaired) electrons. The van der Waals surface area contributed by atoms with Crippen molar-refractivity contribution < 1.29 is 13.6 Å². The van der Waals surface area contributed by atoms with Crippen LogP contribution in [0.15, 0.2) is 18.2 Å². The quantitative estimate of drug-likeness (QED) is 0.869. The van der Waals surface area contributed by atoms with Crippen molar-refractivity contribution in [2.45, 2.75) is 38.3 Å². The smallest absolute Gasteiger partial charge is 0.234 e. The van der Waals surface area contributed by atoms with E-state index in [0.29, 0.717) is 13.1 Å². The molecule has 23 heavy (non-hydrogen) atoms.